The van der Waals surface area contributed by atoms with Gasteiger partial charge in [-0.1, -0.05) is 0 Å². The first-order valence-electron chi connectivity index (χ1n) is 3.67. The second kappa shape index (κ2) is 4.16. The van der Waals surface area contributed by atoms with Crippen molar-refractivity contribution in [3.8, 4) is 5.75 Å². The fourth-order valence-electron chi connectivity index (χ4n) is 1.01. The van der Waals surface area contributed by atoms with Gasteiger partial charge in [0.05, 0.1) is 12.7 Å². The normalized spacial score (nSPS) is 11.1. The molecule has 0 saturated carbocycles. The fourth-order valence-corrected chi connectivity index (χ4v) is 1.92. The van der Waals surface area contributed by atoms with Gasteiger partial charge >= 0.3 is 0 Å². The van der Waals surface area contributed by atoms with Crippen LogP contribution in [-0.4, -0.2) is 21.8 Å². The Kier molecular flexibility index (Phi) is 3.31. The lowest BCUT2D eigenvalue weighted by Crippen LogP contribution is -2.00. The molecule has 0 saturated heterocycles. The topological polar surface area (TPSA) is 60.4 Å². The van der Waals surface area contributed by atoms with Crippen LogP contribution in [0.25, 0.3) is 0 Å². The number of methoxy groups -OCH3 is 1. The molecule has 82 valence electrons. The molecule has 4 nitrogen and oxygen atoms in total. The number of benzene rings is 1. The van der Waals surface area contributed by atoms with E-state index in [0.29, 0.717) is 6.29 Å². The molecule has 0 aliphatic rings. The number of halogens is 2. The third-order valence-electron chi connectivity index (χ3n) is 1.67. The molecule has 1 aromatic carbocycles. The van der Waals surface area contributed by atoms with Gasteiger partial charge in [0.2, 0.25) is 0 Å². The predicted molar refractivity (Wildman–Crippen MR) is 51.4 cm³/mol. The third-order valence-corrected chi connectivity index (χ3v) is 3.01. The van der Waals surface area contributed by atoms with Crippen molar-refractivity contribution in [3.63, 3.8) is 0 Å². The summed E-state index contributed by atoms with van der Waals surface area (Å²) < 4.78 is 39.6. The van der Waals surface area contributed by atoms with Crippen molar-refractivity contribution in [1.29, 1.82) is 0 Å². The van der Waals surface area contributed by atoms with E-state index in [-0.39, 0.29) is 11.3 Å². The minimum atomic E-state index is -4.21. The number of aldehydes is 1. The highest BCUT2D eigenvalue weighted by atomic mass is 35.7. The molecule has 0 fully saturated rings. The molecular weight excluding hydrogens is 247 g/mol. The first-order chi connectivity index (χ1) is 6.90. The monoisotopic (exact) mass is 252 g/mol. The largest absolute Gasteiger partial charge is 0.496 e. The number of carbonyl (C=O) groups is 1. The fraction of sp³-hybridized carbons (Fsp3) is 0.125. The van der Waals surface area contributed by atoms with Crippen molar-refractivity contribution in [2.75, 3.05) is 7.11 Å². The molecule has 0 aliphatic carbocycles. The first kappa shape index (κ1) is 11.9. The summed E-state index contributed by atoms with van der Waals surface area (Å²) in [6.45, 7) is 0. The Balaban J connectivity index is 3.53. The van der Waals surface area contributed by atoms with E-state index in [9.17, 15) is 17.6 Å². The van der Waals surface area contributed by atoms with Crippen LogP contribution in [0.15, 0.2) is 17.0 Å². The average molecular weight is 253 g/mol. The zero-order valence-corrected chi connectivity index (χ0v) is 9.10. The Hall–Kier alpha value is -1.14. The Morgan fingerprint density at radius 1 is 1.47 bits per heavy atom. The van der Waals surface area contributed by atoms with Gasteiger partial charge in [0.1, 0.15) is 16.5 Å². The third kappa shape index (κ3) is 2.45. The molecule has 0 N–H and O–H groups in total. The summed E-state index contributed by atoms with van der Waals surface area (Å²) in [6.07, 6.45) is 0.351. The molecule has 0 spiro atoms. The van der Waals surface area contributed by atoms with Gasteiger partial charge in [-0.05, 0) is 6.07 Å². The summed E-state index contributed by atoms with van der Waals surface area (Å²) in [6, 6.07) is 1.61. The molecule has 0 aromatic heterocycles. The number of carbonyl (C=O) groups excluding carboxylic acids is 1. The van der Waals surface area contributed by atoms with Gasteiger partial charge in [-0.15, -0.1) is 0 Å². The van der Waals surface area contributed by atoms with Gasteiger partial charge in [-0.3, -0.25) is 4.79 Å². The quantitative estimate of drug-likeness (QED) is 0.605. The van der Waals surface area contributed by atoms with Crippen molar-refractivity contribution >= 4 is 26.0 Å². The maximum absolute atomic E-state index is 13.2. The minimum absolute atomic E-state index is 0.0495. The highest BCUT2D eigenvalue weighted by Gasteiger charge is 2.19. The Morgan fingerprint density at radius 2 is 2.07 bits per heavy atom. The van der Waals surface area contributed by atoms with Crippen LogP contribution < -0.4 is 4.74 Å². The van der Waals surface area contributed by atoms with E-state index in [4.69, 9.17) is 10.7 Å². The van der Waals surface area contributed by atoms with Gasteiger partial charge < -0.3 is 4.74 Å². The molecule has 0 heterocycles. The zero-order valence-electron chi connectivity index (χ0n) is 7.53. The van der Waals surface area contributed by atoms with E-state index in [2.05, 4.69) is 4.74 Å². The smallest absolute Gasteiger partial charge is 0.264 e. The van der Waals surface area contributed by atoms with Crippen LogP contribution >= 0.6 is 10.7 Å². The summed E-state index contributed by atoms with van der Waals surface area (Å²) in [4.78, 5) is 9.79. The van der Waals surface area contributed by atoms with Crippen molar-refractivity contribution in [2.24, 2.45) is 0 Å². The summed E-state index contributed by atoms with van der Waals surface area (Å²) in [5.74, 6) is -1.11. The Bertz CT molecular complexity index is 498. The zero-order chi connectivity index (χ0) is 11.6. The van der Waals surface area contributed by atoms with Crippen molar-refractivity contribution in [1.82, 2.24) is 0 Å². The van der Waals surface area contributed by atoms with Gasteiger partial charge in [0, 0.05) is 16.7 Å². The minimum Gasteiger partial charge on any atom is -0.496 e. The molecule has 0 atom stereocenters. The van der Waals surface area contributed by atoms with Crippen LogP contribution in [0.2, 0.25) is 0 Å². The van der Waals surface area contributed by atoms with Crippen molar-refractivity contribution < 1.29 is 22.3 Å². The van der Waals surface area contributed by atoms with E-state index in [0.717, 1.165) is 12.1 Å². The van der Waals surface area contributed by atoms with Gasteiger partial charge in [0.25, 0.3) is 9.05 Å². The number of hydrogen-bond donors (Lipinski definition) is 0. The molecule has 1 aromatic rings. The Morgan fingerprint density at radius 3 is 2.47 bits per heavy atom. The SMILES string of the molecule is COc1cc(F)c(S(=O)(=O)Cl)cc1C=O. The molecule has 1 rings (SSSR count). The van der Waals surface area contributed by atoms with Crippen molar-refractivity contribution in [3.05, 3.63) is 23.5 Å². The number of rotatable bonds is 3. The maximum atomic E-state index is 13.2. The molecule has 0 radical (unpaired) electrons. The summed E-state index contributed by atoms with van der Waals surface area (Å²) in [5.41, 5.74) is -0.0851. The van der Waals surface area contributed by atoms with E-state index < -0.39 is 19.8 Å². The maximum Gasteiger partial charge on any atom is 0.264 e. The molecular formula is C8H6ClFO4S. The van der Waals surface area contributed by atoms with Crippen LogP contribution in [-0.2, 0) is 9.05 Å². The summed E-state index contributed by atoms with van der Waals surface area (Å²) >= 11 is 0. The highest BCUT2D eigenvalue weighted by molar-refractivity contribution is 8.13. The molecule has 0 unspecified atom stereocenters. The molecule has 0 bridgehead atoms. The van der Waals surface area contributed by atoms with E-state index in [1.165, 1.54) is 7.11 Å². The van der Waals surface area contributed by atoms with Crippen LogP contribution in [0.1, 0.15) is 10.4 Å². The molecule has 15 heavy (non-hydrogen) atoms. The number of ether oxygens (including phenoxy) is 1. The summed E-state index contributed by atoms with van der Waals surface area (Å²) in [5, 5.41) is 0. The van der Waals surface area contributed by atoms with Gasteiger partial charge in [-0.2, -0.15) is 0 Å². The Labute approximate surface area is 90.0 Å². The average Bonchev–Trinajstić information content (AvgIpc) is 2.15. The lowest BCUT2D eigenvalue weighted by molar-refractivity contribution is 0.112. The van der Waals surface area contributed by atoms with Crippen LogP contribution in [0.4, 0.5) is 4.39 Å². The van der Waals surface area contributed by atoms with E-state index in [1.54, 1.807) is 0 Å². The highest BCUT2D eigenvalue weighted by Crippen LogP contribution is 2.26. The van der Waals surface area contributed by atoms with Gasteiger partial charge in [0.15, 0.2) is 6.29 Å². The van der Waals surface area contributed by atoms with Crippen LogP contribution in [0, 0.1) is 5.82 Å². The van der Waals surface area contributed by atoms with Crippen LogP contribution in [0.3, 0.4) is 0 Å². The lowest BCUT2D eigenvalue weighted by Gasteiger charge is -2.05. The summed E-state index contributed by atoms with van der Waals surface area (Å²) in [7, 11) is 1.99. The first-order valence-corrected chi connectivity index (χ1v) is 5.98. The van der Waals surface area contributed by atoms with Crippen molar-refractivity contribution in [2.45, 2.75) is 4.90 Å². The molecule has 0 amide bonds. The molecule has 0 aliphatic heterocycles. The standard InChI is InChI=1S/C8H6ClFO4S/c1-14-7-3-6(10)8(15(9,12)13)2-5(7)4-11/h2-4H,1H3. The van der Waals surface area contributed by atoms with E-state index in [1.807, 2.05) is 0 Å². The number of hydrogen-bond acceptors (Lipinski definition) is 4. The second-order valence-electron chi connectivity index (χ2n) is 2.58. The van der Waals surface area contributed by atoms with Gasteiger partial charge in [-0.25, -0.2) is 12.8 Å². The van der Waals surface area contributed by atoms with Crippen LogP contribution in [0.5, 0.6) is 5.75 Å². The van der Waals surface area contributed by atoms with E-state index >= 15 is 0 Å². The molecule has 7 heteroatoms. The second-order valence-corrected chi connectivity index (χ2v) is 5.11. The lowest BCUT2D eigenvalue weighted by atomic mass is 10.2. The predicted octanol–water partition coefficient (Wildman–Crippen LogP) is 1.57.